The van der Waals surface area contributed by atoms with Gasteiger partial charge in [0.1, 0.15) is 11.6 Å². The van der Waals surface area contributed by atoms with Gasteiger partial charge in [-0.05, 0) is 31.2 Å². The Hall–Kier alpha value is -1.84. The van der Waals surface area contributed by atoms with E-state index < -0.39 is 0 Å². The molecule has 0 bridgehead atoms. The zero-order valence-electron chi connectivity index (χ0n) is 8.44. The maximum absolute atomic E-state index is 12.7. The van der Waals surface area contributed by atoms with Gasteiger partial charge in [0.05, 0.1) is 5.69 Å². The maximum Gasteiger partial charge on any atom is 0.146 e. The predicted octanol–water partition coefficient (Wildman–Crippen LogP) is 2.29. The molecule has 0 aliphatic heterocycles. The zero-order valence-corrected chi connectivity index (χ0v) is 8.44. The molecule has 1 aromatic carbocycles. The summed E-state index contributed by atoms with van der Waals surface area (Å²) < 4.78 is 14.5. The number of hydrogen-bond acceptors (Lipinski definition) is 2. The minimum atomic E-state index is -0.241. The summed E-state index contributed by atoms with van der Waals surface area (Å²) in [5, 5.41) is 4.13. The fourth-order valence-electron chi connectivity index (χ4n) is 1.53. The highest BCUT2D eigenvalue weighted by Gasteiger charge is 2.06. The predicted molar refractivity (Wildman–Crippen MR) is 57.7 cm³/mol. The molecule has 4 heteroatoms. The normalized spacial score (nSPS) is 10.5. The van der Waals surface area contributed by atoms with Crippen molar-refractivity contribution in [1.29, 1.82) is 0 Å². The van der Waals surface area contributed by atoms with E-state index in [4.69, 9.17) is 5.73 Å². The first-order valence-corrected chi connectivity index (χ1v) is 4.80. The van der Waals surface area contributed by atoms with Crippen molar-refractivity contribution in [2.24, 2.45) is 0 Å². The highest BCUT2D eigenvalue weighted by atomic mass is 19.1. The van der Waals surface area contributed by atoms with E-state index in [1.165, 1.54) is 12.1 Å². The number of nitrogens with zero attached hydrogens (tertiary/aromatic N) is 2. The van der Waals surface area contributed by atoms with E-state index in [-0.39, 0.29) is 5.82 Å². The van der Waals surface area contributed by atoms with E-state index in [2.05, 4.69) is 5.10 Å². The Labute approximate surface area is 87.3 Å². The molecule has 0 saturated carbocycles. The molecule has 3 nitrogen and oxygen atoms in total. The molecule has 0 unspecified atom stereocenters. The molecule has 2 rings (SSSR count). The zero-order chi connectivity index (χ0) is 10.8. The topological polar surface area (TPSA) is 43.8 Å². The van der Waals surface area contributed by atoms with Crippen LogP contribution in [0.25, 0.3) is 11.3 Å². The van der Waals surface area contributed by atoms with Gasteiger partial charge in [0.2, 0.25) is 0 Å². The fourth-order valence-corrected chi connectivity index (χ4v) is 1.53. The van der Waals surface area contributed by atoms with E-state index in [9.17, 15) is 4.39 Å². The summed E-state index contributed by atoms with van der Waals surface area (Å²) in [6.07, 6.45) is 0. The van der Waals surface area contributed by atoms with E-state index >= 15 is 0 Å². The number of benzene rings is 1. The highest BCUT2D eigenvalue weighted by molar-refractivity contribution is 5.62. The van der Waals surface area contributed by atoms with E-state index in [0.29, 0.717) is 5.82 Å². The largest absolute Gasteiger partial charge is 0.382 e. The van der Waals surface area contributed by atoms with Gasteiger partial charge in [0.25, 0.3) is 0 Å². The fraction of sp³-hybridized carbons (Fsp3) is 0.182. The Morgan fingerprint density at radius 2 is 2.00 bits per heavy atom. The lowest BCUT2D eigenvalue weighted by atomic mass is 10.1. The number of halogens is 1. The third kappa shape index (κ3) is 1.83. The maximum atomic E-state index is 12.7. The van der Waals surface area contributed by atoms with Crippen molar-refractivity contribution in [3.05, 3.63) is 36.1 Å². The lowest BCUT2D eigenvalue weighted by Crippen LogP contribution is -1.99. The molecule has 1 aromatic heterocycles. The molecule has 15 heavy (non-hydrogen) atoms. The third-order valence-electron chi connectivity index (χ3n) is 2.24. The summed E-state index contributed by atoms with van der Waals surface area (Å²) >= 11 is 0. The van der Waals surface area contributed by atoms with E-state index in [1.807, 2.05) is 6.92 Å². The Morgan fingerprint density at radius 3 is 2.60 bits per heavy atom. The van der Waals surface area contributed by atoms with E-state index in [1.54, 1.807) is 22.9 Å². The summed E-state index contributed by atoms with van der Waals surface area (Å²) in [4.78, 5) is 0. The van der Waals surface area contributed by atoms with Crippen molar-refractivity contribution in [3.63, 3.8) is 0 Å². The molecule has 0 fully saturated rings. The SMILES string of the molecule is CCn1nc(N)cc1-c1ccc(F)cc1. The van der Waals surface area contributed by atoms with Gasteiger partial charge in [-0.25, -0.2) is 4.39 Å². The van der Waals surface area contributed by atoms with Gasteiger partial charge >= 0.3 is 0 Å². The first kappa shape index (κ1) is 9.71. The van der Waals surface area contributed by atoms with Gasteiger partial charge in [-0.15, -0.1) is 0 Å². The summed E-state index contributed by atoms with van der Waals surface area (Å²) in [5.74, 6) is 0.241. The van der Waals surface area contributed by atoms with Crippen LogP contribution in [0.5, 0.6) is 0 Å². The molecule has 0 radical (unpaired) electrons. The van der Waals surface area contributed by atoms with Crippen LogP contribution in [-0.4, -0.2) is 9.78 Å². The smallest absolute Gasteiger partial charge is 0.146 e. The Bertz CT molecular complexity index is 459. The van der Waals surface area contributed by atoms with Gasteiger partial charge in [-0.2, -0.15) is 5.10 Å². The van der Waals surface area contributed by atoms with Crippen molar-refractivity contribution < 1.29 is 4.39 Å². The minimum Gasteiger partial charge on any atom is -0.382 e. The molecule has 0 aliphatic rings. The molecular formula is C11H12FN3. The van der Waals surface area contributed by atoms with Gasteiger partial charge < -0.3 is 5.73 Å². The molecule has 0 atom stereocenters. The second-order valence-electron chi connectivity index (χ2n) is 3.28. The Balaban J connectivity index is 2.48. The summed E-state index contributed by atoms with van der Waals surface area (Å²) in [6, 6.07) is 8.09. The van der Waals surface area contributed by atoms with Gasteiger partial charge in [0.15, 0.2) is 0 Å². The molecule has 0 amide bonds. The van der Waals surface area contributed by atoms with Crippen LogP contribution in [0.15, 0.2) is 30.3 Å². The molecule has 2 N–H and O–H groups in total. The van der Waals surface area contributed by atoms with Crippen LogP contribution in [0.2, 0.25) is 0 Å². The number of anilines is 1. The molecule has 78 valence electrons. The average Bonchev–Trinajstić information content (AvgIpc) is 2.61. The van der Waals surface area contributed by atoms with Crippen molar-refractivity contribution in [3.8, 4) is 11.3 Å². The van der Waals surface area contributed by atoms with Crippen LogP contribution in [0.4, 0.5) is 10.2 Å². The molecule has 1 heterocycles. The van der Waals surface area contributed by atoms with Crippen molar-refractivity contribution in [2.75, 3.05) is 5.73 Å². The summed E-state index contributed by atoms with van der Waals surface area (Å²) in [6.45, 7) is 2.73. The highest BCUT2D eigenvalue weighted by Crippen LogP contribution is 2.21. The summed E-state index contributed by atoms with van der Waals surface area (Å²) in [5.41, 5.74) is 7.45. The molecule has 0 saturated heterocycles. The molecule has 2 aromatic rings. The van der Waals surface area contributed by atoms with Crippen LogP contribution in [0.3, 0.4) is 0 Å². The number of nitrogen functional groups attached to an aromatic ring is 1. The van der Waals surface area contributed by atoms with Crippen LogP contribution < -0.4 is 5.73 Å². The molecular weight excluding hydrogens is 193 g/mol. The van der Waals surface area contributed by atoms with Gasteiger partial charge in [-0.3, -0.25) is 4.68 Å². The molecule has 0 aliphatic carbocycles. The number of nitrogens with two attached hydrogens (primary N) is 1. The third-order valence-corrected chi connectivity index (χ3v) is 2.24. The van der Waals surface area contributed by atoms with Gasteiger partial charge in [-0.1, -0.05) is 0 Å². The number of rotatable bonds is 2. The molecule has 0 spiro atoms. The monoisotopic (exact) mass is 205 g/mol. The first-order valence-electron chi connectivity index (χ1n) is 4.80. The van der Waals surface area contributed by atoms with Crippen molar-refractivity contribution in [2.45, 2.75) is 13.5 Å². The second kappa shape index (κ2) is 3.73. The van der Waals surface area contributed by atoms with Crippen molar-refractivity contribution >= 4 is 5.82 Å². The summed E-state index contributed by atoms with van der Waals surface area (Å²) in [7, 11) is 0. The number of hydrogen-bond donors (Lipinski definition) is 1. The first-order chi connectivity index (χ1) is 7.20. The average molecular weight is 205 g/mol. The lowest BCUT2D eigenvalue weighted by Gasteiger charge is -2.03. The lowest BCUT2D eigenvalue weighted by molar-refractivity contribution is 0.627. The minimum absolute atomic E-state index is 0.241. The second-order valence-corrected chi connectivity index (χ2v) is 3.28. The van der Waals surface area contributed by atoms with E-state index in [0.717, 1.165) is 17.8 Å². The Kier molecular flexibility index (Phi) is 2.41. The van der Waals surface area contributed by atoms with Crippen molar-refractivity contribution in [1.82, 2.24) is 9.78 Å². The Morgan fingerprint density at radius 1 is 1.33 bits per heavy atom. The van der Waals surface area contributed by atoms with Crippen LogP contribution in [0.1, 0.15) is 6.92 Å². The van der Waals surface area contributed by atoms with Crippen LogP contribution >= 0.6 is 0 Å². The number of aromatic nitrogens is 2. The quantitative estimate of drug-likeness (QED) is 0.817. The van der Waals surface area contributed by atoms with Crippen LogP contribution in [-0.2, 0) is 6.54 Å². The van der Waals surface area contributed by atoms with Gasteiger partial charge in [0, 0.05) is 18.2 Å². The standard InChI is InChI=1S/C11H12FN3/c1-2-15-10(7-11(13)14-15)8-3-5-9(12)6-4-8/h3-7H,2H2,1H3,(H2,13,14). The van der Waals surface area contributed by atoms with Crippen LogP contribution in [0, 0.1) is 5.82 Å². The number of aryl methyl sites for hydroxylation is 1.